The Morgan fingerprint density at radius 3 is 2.59 bits per heavy atom. The molecule has 1 aromatic carbocycles. The molecular weight excluding hydrogens is 454 g/mol. The second-order valence-electron chi connectivity index (χ2n) is 8.38. The number of benzene rings is 1. The number of aryl methyl sites for hydroxylation is 2. The molecule has 1 unspecified atom stereocenters. The van der Waals surface area contributed by atoms with E-state index in [0.29, 0.717) is 24.3 Å². The first-order valence-electron chi connectivity index (χ1n) is 10.5. The average molecular weight is 486 g/mol. The zero-order valence-corrected chi connectivity index (χ0v) is 20.5. The highest BCUT2D eigenvalue weighted by molar-refractivity contribution is 7.89. The van der Waals surface area contributed by atoms with Gasteiger partial charge in [0, 0.05) is 53.1 Å². The summed E-state index contributed by atoms with van der Waals surface area (Å²) in [6.07, 6.45) is 4.39. The zero-order chi connectivity index (χ0) is 23.7. The number of carbonyl (C=O) groups excluding carboxylic acids is 1. The number of nitrogens with zero attached hydrogens (tertiary/aromatic N) is 4. The van der Waals surface area contributed by atoms with Crippen molar-refractivity contribution in [3.63, 3.8) is 0 Å². The van der Waals surface area contributed by atoms with Crippen molar-refractivity contribution in [3.8, 4) is 0 Å². The molecule has 1 saturated heterocycles. The van der Waals surface area contributed by atoms with Gasteiger partial charge in [0.1, 0.15) is 5.82 Å². The number of sulfonamides is 2. The molecule has 0 spiro atoms. The largest absolute Gasteiger partial charge is 0.338 e. The number of carbonyl (C=O) groups is 1. The molecule has 0 saturated carbocycles. The standard InChI is InChI=1S/C20H31N5O5S2/c1-23(2)32(29,30)16-8-9-18-17(13-16)22-19(24(18)3)10-11-20(26)25-12-6-5-7-15(25)14-21-31(4,27)28/h8-9,13,15,21H,5-7,10-12,14H2,1-4H3. The van der Waals surface area contributed by atoms with E-state index in [4.69, 9.17) is 0 Å². The topological polar surface area (TPSA) is 122 Å². The van der Waals surface area contributed by atoms with Crippen LogP contribution in [0, 0.1) is 0 Å². The minimum atomic E-state index is -3.56. The molecular formula is C20H31N5O5S2. The summed E-state index contributed by atoms with van der Waals surface area (Å²) in [4.78, 5) is 19.4. The zero-order valence-electron chi connectivity index (χ0n) is 18.9. The lowest BCUT2D eigenvalue weighted by molar-refractivity contribution is -0.134. The van der Waals surface area contributed by atoms with Crippen LogP contribution in [0.25, 0.3) is 11.0 Å². The molecule has 1 N–H and O–H groups in total. The third-order valence-corrected chi connectivity index (χ3v) is 8.32. The van der Waals surface area contributed by atoms with Crippen molar-refractivity contribution in [2.75, 3.05) is 33.4 Å². The highest BCUT2D eigenvalue weighted by atomic mass is 32.2. The van der Waals surface area contributed by atoms with Gasteiger partial charge in [0.25, 0.3) is 0 Å². The van der Waals surface area contributed by atoms with E-state index in [-0.39, 0.29) is 29.8 Å². The van der Waals surface area contributed by atoms with Gasteiger partial charge < -0.3 is 9.47 Å². The maximum Gasteiger partial charge on any atom is 0.242 e. The second-order valence-corrected chi connectivity index (χ2v) is 12.4. The summed E-state index contributed by atoms with van der Waals surface area (Å²) in [5.41, 5.74) is 1.35. The van der Waals surface area contributed by atoms with Gasteiger partial charge in [-0.25, -0.2) is 30.8 Å². The van der Waals surface area contributed by atoms with Gasteiger partial charge >= 0.3 is 0 Å². The molecule has 32 heavy (non-hydrogen) atoms. The summed E-state index contributed by atoms with van der Waals surface area (Å²) in [5, 5.41) is 0. The normalized spacial score (nSPS) is 17.9. The molecule has 0 bridgehead atoms. The van der Waals surface area contributed by atoms with Crippen LogP contribution in [0.2, 0.25) is 0 Å². The Morgan fingerprint density at radius 2 is 1.94 bits per heavy atom. The summed E-state index contributed by atoms with van der Waals surface area (Å²) in [6.45, 7) is 0.837. The fourth-order valence-corrected chi connectivity index (χ4v) is 5.39. The van der Waals surface area contributed by atoms with Crippen LogP contribution in [0.4, 0.5) is 0 Å². The van der Waals surface area contributed by atoms with E-state index in [9.17, 15) is 21.6 Å². The fraction of sp³-hybridized carbons (Fsp3) is 0.600. The number of hydrogen-bond donors (Lipinski definition) is 1. The number of piperidine rings is 1. The summed E-state index contributed by atoms with van der Waals surface area (Å²) in [5.74, 6) is 0.656. The number of hydrogen-bond acceptors (Lipinski definition) is 6. The van der Waals surface area contributed by atoms with Crippen LogP contribution in [-0.4, -0.2) is 81.0 Å². The lowest BCUT2D eigenvalue weighted by Gasteiger charge is -2.36. The van der Waals surface area contributed by atoms with Gasteiger partial charge in [0.15, 0.2) is 0 Å². The van der Waals surface area contributed by atoms with Crippen molar-refractivity contribution < 1.29 is 21.6 Å². The first-order valence-corrected chi connectivity index (χ1v) is 13.9. The second kappa shape index (κ2) is 9.46. The molecule has 1 aliphatic rings. The number of fused-ring (bicyclic) bond motifs is 1. The van der Waals surface area contributed by atoms with E-state index in [1.165, 1.54) is 14.1 Å². The Morgan fingerprint density at radius 1 is 1.22 bits per heavy atom. The Hall–Kier alpha value is -2.02. The highest BCUT2D eigenvalue weighted by Gasteiger charge is 2.27. The van der Waals surface area contributed by atoms with E-state index in [0.717, 1.165) is 35.3 Å². The van der Waals surface area contributed by atoms with Crippen molar-refractivity contribution in [2.24, 2.45) is 7.05 Å². The van der Waals surface area contributed by atoms with Crippen molar-refractivity contribution >= 4 is 37.0 Å². The maximum atomic E-state index is 12.9. The van der Waals surface area contributed by atoms with E-state index in [2.05, 4.69) is 9.71 Å². The number of imidazole rings is 1. The quantitative estimate of drug-likeness (QED) is 0.587. The summed E-state index contributed by atoms with van der Waals surface area (Å²) in [6, 6.07) is 4.68. The number of amides is 1. The molecule has 1 fully saturated rings. The first kappa shape index (κ1) is 24.6. The van der Waals surface area contributed by atoms with E-state index in [1.807, 2.05) is 11.6 Å². The maximum absolute atomic E-state index is 12.9. The molecule has 178 valence electrons. The molecule has 1 amide bonds. The monoisotopic (exact) mass is 485 g/mol. The van der Waals surface area contributed by atoms with Gasteiger partial charge in [-0.3, -0.25) is 4.79 Å². The van der Waals surface area contributed by atoms with Gasteiger partial charge in [-0.2, -0.15) is 0 Å². The molecule has 3 rings (SSSR count). The summed E-state index contributed by atoms with van der Waals surface area (Å²) in [7, 11) is -2.07. The molecule has 1 aliphatic heterocycles. The average Bonchev–Trinajstić information content (AvgIpc) is 3.05. The molecule has 1 aromatic heterocycles. The molecule has 0 aliphatic carbocycles. The third kappa shape index (κ3) is 5.48. The van der Waals surface area contributed by atoms with E-state index >= 15 is 0 Å². The lowest BCUT2D eigenvalue weighted by Crippen LogP contribution is -2.49. The molecule has 0 radical (unpaired) electrons. The molecule has 1 atom stereocenters. The molecule has 2 heterocycles. The minimum absolute atomic E-state index is 0.0343. The Labute approximate surface area is 189 Å². The van der Waals surface area contributed by atoms with Crippen molar-refractivity contribution in [1.29, 1.82) is 0 Å². The predicted molar refractivity (Wildman–Crippen MR) is 122 cm³/mol. The van der Waals surface area contributed by atoms with Crippen LogP contribution in [0.3, 0.4) is 0 Å². The van der Waals surface area contributed by atoms with E-state index < -0.39 is 20.0 Å². The number of rotatable bonds is 8. The van der Waals surface area contributed by atoms with Crippen molar-refractivity contribution in [2.45, 2.75) is 43.0 Å². The fourth-order valence-electron chi connectivity index (χ4n) is 3.98. The molecule has 10 nitrogen and oxygen atoms in total. The summed E-state index contributed by atoms with van der Waals surface area (Å²) >= 11 is 0. The highest BCUT2D eigenvalue weighted by Crippen LogP contribution is 2.23. The van der Waals surface area contributed by atoms with Crippen LogP contribution >= 0.6 is 0 Å². The number of likely N-dealkylation sites (tertiary alicyclic amines) is 1. The van der Waals surface area contributed by atoms with Gasteiger partial charge in [0.2, 0.25) is 26.0 Å². The van der Waals surface area contributed by atoms with Crippen LogP contribution in [0.1, 0.15) is 31.5 Å². The van der Waals surface area contributed by atoms with Gasteiger partial charge in [-0.05, 0) is 37.5 Å². The molecule has 12 heteroatoms. The third-order valence-electron chi connectivity index (χ3n) is 5.81. The number of aromatic nitrogens is 2. The van der Waals surface area contributed by atoms with Gasteiger partial charge in [-0.15, -0.1) is 0 Å². The minimum Gasteiger partial charge on any atom is -0.338 e. The Balaban J connectivity index is 1.73. The predicted octanol–water partition coefficient (Wildman–Crippen LogP) is 0.687. The van der Waals surface area contributed by atoms with Crippen LogP contribution in [0.5, 0.6) is 0 Å². The Bertz CT molecular complexity index is 1200. The van der Waals surface area contributed by atoms with Gasteiger partial charge in [0.05, 0.1) is 22.2 Å². The smallest absolute Gasteiger partial charge is 0.242 e. The van der Waals surface area contributed by atoms with Crippen molar-refractivity contribution in [1.82, 2.24) is 23.5 Å². The molecule has 2 aromatic rings. The number of nitrogens with one attached hydrogen (secondary N) is 1. The first-order chi connectivity index (χ1) is 14.9. The SMILES string of the molecule is CN(C)S(=O)(=O)c1ccc2c(c1)nc(CCC(=O)N1CCCCC1CNS(C)(=O)=O)n2C. The van der Waals surface area contributed by atoms with Crippen LogP contribution in [-0.2, 0) is 38.3 Å². The Kier molecular flexibility index (Phi) is 7.28. The van der Waals surface area contributed by atoms with Crippen molar-refractivity contribution in [3.05, 3.63) is 24.0 Å². The van der Waals surface area contributed by atoms with Crippen LogP contribution in [0.15, 0.2) is 23.1 Å². The summed E-state index contributed by atoms with van der Waals surface area (Å²) < 4.78 is 53.2. The lowest BCUT2D eigenvalue weighted by atomic mass is 10.0. The van der Waals surface area contributed by atoms with Gasteiger partial charge in [-0.1, -0.05) is 0 Å². The van der Waals surface area contributed by atoms with E-state index in [1.54, 1.807) is 23.1 Å². The van der Waals surface area contributed by atoms with Crippen LogP contribution < -0.4 is 4.72 Å².